The van der Waals surface area contributed by atoms with Crippen LogP contribution in [0.25, 0.3) is 17.0 Å². The highest BCUT2D eigenvalue weighted by Gasteiger charge is 2.27. The zero-order valence-corrected chi connectivity index (χ0v) is 20.0. The van der Waals surface area contributed by atoms with Gasteiger partial charge in [-0.3, -0.25) is 9.36 Å². The van der Waals surface area contributed by atoms with Gasteiger partial charge in [-0.2, -0.15) is 5.10 Å². The standard InChI is InChI=1S/C25H29N7O2/c1-15-13-16(2)27-24(26-15)32-18(4)20(17(3)29-32)14-23(33)30-11-9-19(10-12-30)31-22-8-6-5-7-21(22)28-25(31)34/h5-8,13,19H,9-12,14H2,1-4H3,(H,28,34). The van der Waals surface area contributed by atoms with Gasteiger partial charge < -0.3 is 9.88 Å². The molecule has 0 aliphatic carbocycles. The Kier molecular flexibility index (Phi) is 5.55. The van der Waals surface area contributed by atoms with E-state index in [1.807, 2.05) is 67.5 Å². The first-order valence-corrected chi connectivity index (χ1v) is 11.7. The van der Waals surface area contributed by atoms with Gasteiger partial charge in [0, 0.05) is 41.8 Å². The third kappa shape index (κ3) is 3.91. The number of aryl methyl sites for hydroxylation is 3. The summed E-state index contributed by atoms with van der Waals surface area (Å²) in [6.45, 7) is 9.00. The van der Waals surface area contributed by atoms with E-state index in [-0.39, 0.29) is 17.6 Å². The fourth-order valence-corrected chi connectivity index (χ4v) is 5.00. The van der Waals surface area contributed by atoms with Crippen molar-refractivity contribution in [1.82, 2.24) is 34.2 Å². The Hall–Kier alpha value is -3.75. The molecule has 1 N–H and O–H groups in total. The maximum Gasteiger partial charge on any atom is 0.326 e. The molecule has 0 atom stereocenters. The molecule has 1 amide bonds. The quantitative estimate of drug-likeness (QED) is 0.506. The summed E-state index contributed by atoms with van der Waals surface area (Å²) < 4.78 is 3.58. The fourth-order valence-electron chi connectivity index (χ4n) is 5.00. The maximum absolute atomic E-state index is 13.2. The molecule has 176 valence electrons. The SMILES string of the molecule is Cc1cc(C)nc(-n2nc(C)c(CC(=O)N3CCC(n4c(=O)[nH]c5ccccc54)CC3)c2C)n1. The van der Waals surface area contributed by atoms with Crippen molar-refractivity contribution >= 4 is 16.9 Å². The summed E-state index contributed by atoms with van der Waals surface area (Å²) in [7, 11) is 0. The second-order valence-electron chi connectivity index (χ2n) is 9.12. The number of hydrogen-bond acceptors (Lipinski definition) is 5. The number of rotatable bonds is 4. The van der Waals surface area contributed by atoms with E-state index in [2.05, 4.69) is 20.1 Å². The van der Waals surface area contributed by atoms with Crippen molar-refractivity contribution in [3.8, 4) is 5.95 Å². The number of carbonyl (C=O) groups is 1. The van der Waals surface area contributed by atoms with Crippen LogP contribution < -0.4 is 5.69 Å². The number of nitrogens with zero attached hydrogens (tertiary/aromatic N) is 6. The number of fused-ring (bicyclic) bond motifs is 1. The Bertz CT molecular complexity index is 1420. The van der Waals surface area contributed by atoms with Crippen molar-refractivity contribution in [1.29, 1.82) is 0 Å². The zero-order valence-electron chi connectivity index (χ0n) is 20.0. The van der Waals surface area contributed by atoms with E-state index < -0.39 is 0 Å². The molecule has 1 aliphatic heterocycles. The fraction of sp³-hybridized carbons (Fsp3) is 0.400. The second kappa shape index (κ2) is 8.55. The Morgan fingerprint density at radius 2 is 1.74 bits per heavy atom. The molecule has 1 aromatic carbocycles. The maximum atomic E-state index is 13.2. The molecule has 34 heavy (non-hydrogen) atoms. The number of para-hydroxylation sites is 2. The lowest BCUT2D eigenvalue weighted by Crippen LogP contribution is -2.41. The second-order valence-corrected chi connectivity index (χ2v) is 9.12. The topological polar surface area (TPSA) is 102 Å². The predicted octanol–water partition coefficient (Wildman–Crippen LogP) is 2.95. The Labute approximate surface area is 197 Å². The highest BCUT2D eigenvalue weighted by atomic mass is 16.2. The van der Waals surface area contributed by atoms with Crippen molar-refractivity contribution in [3.05, 3.63) is 69.2 Å². The monoisotopic (exact) mass is 459 g/mol. The van der Waals surface area contributed by atoms with Crippen LogP contribution in [0.3, 0.4) is 0 Å². The molecule has 5 rings (SSSR count). The molecule has 0 saturated carbocycles. The summed E-state index contributed by atoms with van der Waals surface area (Å²) in [4.78, 5) is 39.6. The minimum absolute atomic E-state index is 0.0804. The number of carbonyl (C=O) groups excluding carboxylic acids is 1. The van der Waals surface area contributed by atoms with Crippen LogP contribution in [0.5, 0.6) is 0 Å². The van der Waals surface area contributed by atoms with E-state index in [1.165, 1.54) is 0 Å². The minimum atomic E-state index is -0.0850. The van der Waals surface area contributed by atoms with E-state index in [1.54, 1.807) is 4.68 Å². The molecular formula is C25H29N7O2. The van der Waals surface area contributed by atoms with Gasteiger partial charge in [-0.25, -0.2) is 19.4 Å². The van der Waals surface area contributed by atoms with Crippen molar-refractivity contribution in [2.45, 2.75) is 53.0 Å². The van der Waals surface area contributed by atoms with Gasteiger partial charge >= 0.3 is 5.69 Å². The van der Waals surface area contributed by atoms with Crippen LogP contribution in [0, 0.1) is 27.7 Å². The van der Waals surface area contributed by atoms with Crippen LogP contribution in [-0.2, 0) is 11.2 Å². The summed E-state index contributed by atoms with van der Waals surface area (Å²) in [6, 6.07) is 9.75. The number of piperidine rings is 1. The molecule has 0 radical (unpaired) electrons. The molecule has 1 saturated heterocycles. The van der Waals surface area contributed by atoms with Crippen LogP contribution >= 0.6 is 0 Å². The Balaban J connectivity index is 1.30. The predicted molar refractivity (Wildman–Crippen MR) is 129 cm³/mol. The van der Waals surface area contributed by atoms with Gasteiger partial charge in [0.05, 0.1) is 23.1 Å². The molecular weight excluding hydrogens is 430 g/mol. The van der Waals surface area contributed by atoms with Crippen LogP contribution in [0.4, 0.5) is 0 Å². The smallest absolute Gasteiger partial charge is 0.326 e. The molecule has 9 heteroatoms. The first-order valence-electron chi connectivity index (χ1n) is 11.7. The Morgan fingerprint density at radius 1 is 1.06 bits per heavy atom. The van der Waals surface area contributed by atoms with E-state index in [9.17, 15) is 9.59 Å². The van der Waals surface area contributed by atoms with Gasteiger partial charge in [0.15, 0.2) is 0 Å². The summed E-state index contributed by atoms with van der Waals surface area (Å²) in [5.74, 6) is 0.610. The Morgan fingerprint density at radius 3 is 2.44 bits per heavy atom. The summed E-state index contributed by atoms with van der Waals surface area (Å²) in [5.41, 5.74) is 6.06. The highest BCUT2D eigenvalue weighted by Crippen LogP contribution is 2.26. The number of benzene rings is 1. The lowest BCUT2D eigenvalue weighted by Gasteiger charge is -2.32. The largest absolute Gasteiger partial charge is 0.342 e. The molecule has 4 aromatic rings. The number of nitrogens with one attached hydrogen (secondary N) is 1. The van der Waals surface area contributed by atoms with Crippen molar-refractivity contribution in [3.63, 3.8) is 0 Å². The van der Waals surface area contributed by atoms with Crippen LogP contribution in [0.15, 0.2) is 35.1 Å². The number of likely N-dealkylation sites (tertiary alicyclic amines) is 1. The molecule has 0 unspecified atom stereocenters. The first kappa shape index (κ1) is 22.1. The summed E-state index contributed by atoms with van der Waals surface area (Å²) in [5, 5.41) is 4.62. The van der Waals surface area contributed by atoms with Gasteiger partial charge in [-0.05, 0) is 58.7 Å². The molecule has 4 heterocycles. The zero-order chi connectivity index (χ0) is 24.0. The minimum Gasteiger partial charge on any atom is -0.342 e. The molecule has 9 nitrogen and oxygen atoms in total. The lowest BCUT2D eigenvalue weighted by molar-refractivity contribution is -0.131. The molecule has 0 spiro atoms. The van der Waals surface area contributed by atoms with E-state index >= 15 is 0 Å². The van der Waals surface area contributed by atoms with Crippen molar-refractivity contribution in [2.24, 2.45) is 0 Å². The highest BCUT2D eigenvalue weighted by molar-refractivity contribution is 5.79. The normalized spacial score (nSPS) is 14.8. The van der Waals surface area contributed by atoms with Crippen LogP contribution in [0.2, 0.25) is 0 Å². The molecule has 0 bridgehead atoms. The first-order chi connectivity index (χ1) is 16.3. The third-order valence-corrected chi connectivity index (χ3v) is 6.74. The van der Waals surface area contributed by atoms with Gasteiger partial charge in [0.2, 0.25) is 5.91 Å². The van der Waals surface area contributed by atoms with Gasteiger partial charge in [-0.1, -0.05) is 12.1 Å². The van der Waals surface area contributed by atoms with E-state index in [0.717, 1.165) is 52.2 Å². The number of H-pyrrole nitrogens is 1. The van der Waals surface area contributed by atoms with Crippen molar-refractivity contribution in [2.75, 3.05) is 13.1 Å². The van der Waals surface area contributed by atoms with Gasteiger partial charge in [0.25, 0.3) is 5.95 Å². The molecule has 3 aromatic heterocycles. The van der Waals surface area contributed by atoms with Crippen LogP contribution in [0.1, 0.15) is 47.2 Å². The molecule has 1 fully saturated rings. The number of hydrogen-bond donors (Lipinski definition) is 1. The lowest BCUT2D eigenvalue weighted by atomic mass is 10.0. The molecule has 1 aliphatic rings. The van der Waals surface area contributed by atoms with E-state index in [0.29, 0.717) is 25.5 Å². The van der Waals surface area contributed by atoms with Crippen molar-refractivity contribution < 1.29 is 4.79 Å². The summed E-state index contributed by atoms with van der Waals surface area (Å²) in [6.07, 6.45) is 1.79. The van der Waals surface area contributed by atoms with E-state index in [4.69, 9.17) is 0 Å². The van der Waals surface area contributed by atoms with Gasteiger partial charge in [0.1, 0.15) is 0 Å². The number of imidazole rings is 1. The number of aromatic nitrogens is 6. The summed E-state index contributed by atoms with van der Waals surface area (Å²) >= 11 is 0. The average molecular weight is 460 g/mol. The number of amides is 1. The van der Waals surface area contributed by atoms with Crippen LogP contribution in [-0.4, -0.2) is 53.2 Å². The number of aromatic amines is 1. The third-order valence-electron chi connectivity index (χ3n) is 6.74. The van der Waals surface area contributed by atoms with Gasteiger partial charge in [-0.15, -0.1) is 0 Å². The average Bonchev–Trinajstić information content (AvgIpc) is 3.29.